The van der Waals surface area contributed by atoms with Gasteiger partial charge >= 0.3 is 0 Å². The molecule has 2 N–H and O–H groups in total. The van der Waals surface area contributed by atoms with Crippen molar-refractivity contribution in [2.75, 3.05) is 11.9 Å². The second kappa shape index (κ2) is 6.26. The molecule has 4 rings (SSSR count). The fourth-order valence-electron chi connectivity index (χ4n) is 2.72. The molecule has 0 aliphatic heterocycles. The number of rotatable bonds is 5. The fourth-order valence-corrected chi connectivity index (χ4v) is 3.46. The normalized spacial score (nSPS) is 11.0. The van der Waals surface area contributed by atoms with Crippen LogP contribution < -0.4 is 5.32 Å². The maximum Gasteiger partial charge on any atom is 0.183 e. The van der Waals surface area contributed by atoms with Crippen LogP contribution in [0.2, 0.25) is 0 Å². The smallest absolute Gasteiger partial charge is 0.183 e. The van der Waals surface area contributed by atoms with Crippen molar-refractivity contribution in [3.05, 3.63) is 71.7 Å². The number of aromatic amines is 1. The molecule has 0 saturated carbocycles. The summed E-state index contributed by atoms with van der Waals surface area (Å²) in [6, 6.07) is 18.8. The van der Waals surface area contributed by atoms with E-state index in [0.29, 0.717) is 0 Å². The summed E-state index contributed by atoms with van der Waals surface area (Å²) in [7, 11) is 0. The number of hydrogen-bond acceptors (Lipinski definition) is 3. The lowest BCUT2D eigenvalue weighted by Gasteiger charge is -2.02. The highest BCUT2D eigenvalue weighted by atomic mass is 32.1. The first-order chi connectivity index (χ1) is 11.4. The summed E-state index contributed by atoms with van der Waals surface area (Å²) in [5.41, 5.74) is 4.67. The van der Waals surface area contributed by atoms with Gasteiger partial charge in [0.05, 0.1) is 5.69 Å². The minimum Gasteiger partial charge on any atom is -0.361 e. The highest BCUT2D eigenvalue weighted by molar-refractivity contribution is 7.14. The largest absolute Gasteiger partial charge is 0.361 e. The molecule has 2 aromatic carbocycles. The van der Waals surface area contributed by atoms with Gasteiger partial charge in [-0.2, -0.15) is 0 Å². The third-order valence-electron chi connectivity index (χ3n) is 3.90. The number of H-pyrrole nitrogens is 1. The van der Waals surface area contributed by atoms with Crippen LogP contribution in [-0.2, 0) is 6.42 Å². The average Bonchev–Trinajstić information content (AvgIpc) is 3.22. The molecule has 0 radical (unpaired) electrons. The number of para-hydroxylation sites is 1. The molecule has 4 heteroatoms. The van der Waals surface area contributed by atoms with Crippen LogP contribution in [0.1, 0.15) is 5.56 Å². The number of aromatic nitrogens is 2. The van der Waals surface area contributed by atoms with Crippen LogP contribution in [0.25, 0.3) is 22.2 Å². The molecule has 0 aliphatic rings. The quantitative estimate of drug-likeness (QED) is 0.546. The maximum atomic E-state index is 4.72. The Morgan fingerprint density at radius 1 is 1.00 bits per heavy atom. The number of anilines is 1. The zero-order chi connectivity index (χ0) is 15.5. The second-order valence-electron chi connectivity index (χ2n) is 5.45. The first kappa shape index (κ1) is 14.0. The van der Waals surface area contributed by atoms with Crippen LogP contribution in [0.5, 0.6) is 0 Å². The Balaban J connectivity index is 1.47. The number of hydrogen-bond donors (Lipinski definition) is 2. The second-order valence-corrected chi connectivity index (χ2v) is 6.31. The van der Waals surface area contributed by atoms with Crippen LogP contribution in [-0.4, -0.2) is 16.5 Å². The van der Waals surface area contributed by atoms with Crippen LogP contribution in [0, 0.1) is 0 Å². The van der Waals surface area contributed by atoms with Crippen molar-refractivity contribution in [2.24, 2.45) is 0 Å². The molecule has 3 nitrogen and oxygen atoms in total. The Bertz CT molecular complexity index is 908. The van der Waals surface area contributed by atoms with E-state index < -0.39 is 0 Å². The van der Waals surface area contributed by atoms with Gasteiger partial charge in [-0.3, -0.25) is 0 Å². The van der Waals surface area contributed by atoms with Gasteiger partial charge in [-0.1, -0.05) is 48.5 Å². The lowest BCUT2D eigenvalue weighted by molar-refractivity contribution is 1.02. The predicted octanol–water partition coefficient (Wildman–Crippen LogP) is 4.95. The number of nitrogens with one attached hydrogen (secondary N) is 2. The molecular weight excluding hydrogens is 302 g/mol. The van der Waals surface area contributed by atoms with E-state index in [1.165, 1.54) is 10.9 Å². The van der Waals surface area contributed by atoms with Gasteiger partial charge in [-0.05, 0) is 18.1 Å². The van der Waals surface area contributed by atoms with E-state index in [4.69, 9.17) is 4.98 Å². The van der Waals surface area contributed by atoms with Gasteiger partial charge in [0.2, 0.25) is 0 Å². The van der Waals surface area contributed by atoms with E-state index in [-0.39, 0.29) is 0 Å². The molecule has 0 amide bonds. The van der Waals surface area contributed by atoms with E-state index >= 15 is 0 Å². The molecule has 0 fully saturated rings. The molecule has 2 aromatic heterocycles. The standard InChI is InChI=1S/C19H17N3S/c1-2-6-14(7-3-1)10-11-20-19-22-18(13-23-19)16-12-21-17-9-5-4-8-15(16)17/h1-9,12-13,21H,10-11H2,(H,20,22). The lowest BCUT2D eigenvalue weighted by atomic mass is 10.1. The summed E-state index contributed by atoms with van der Waals surface area (Å²) in [6.45, 7) is 0.894. The van der Waals surface area contributed by atoms with Gasteiger partial charge in [0.1, 0.15) is 0 Å². The molecule has 2 heterocycles. The van der Waals surface area contributed by atoms with Gasteiger partial charge in [-0.25, -0.2) is 4.98 Å². The van der Waals surface area contributed by atoms with E-state index in [1.807, 2.05) is 18.3 Å². The first-order valence-corrected chi connectivity index (χ1v) is 8.58. The van der Waals surface area contributed by atoms with Crippen molar-refractivity contribution in [1.29, 1.82) is 0 Å². The van der Waals surface area contributed by atoms with Crippen molar-refractivity contribution < 1.29 is 0 Å². The van der Waals surface area contributed by atoms with E-state index in [0.717, 1.165) is 34.9 Å². The summed E-state index contributed by atoms with van der Waals surface area (Å²) >= 11 is 1.66. The highest BCUT2D eigenvalue weighted by Gasteiger charge is 2.09. The van der Waals surface area contributed by atoms with E-state index in [9.17, 15) is 0 Å². The van der Waals surface area contributed by atoms with Crippen molar-refractivity contribution >= 4 is 27.4 Å². The van der Waals surface area contributed by atoms with Crippen molar-refractivity contribution in [1.82, 2.24) is 9.97 Å². The monoisotopic (exact) mass is 319 g/mol. The topological polar surface area (TPSA) is 40.7 Å². The van der Waals surface area contributed by atoms with Crippen LogP contribution in [0.4, 0.5) is 5.13 Å². The van der Waals surface area contributed by atoms with Gasteiger partial charge in [0.25, 0.3) is 0 Å². The van der Waals surface area contributed by atoms with Crippen molar-refractivity contribution in [2.45, 2.75) is 6.42 Å². The summed E-state index contributed by atoms with van der Waals surface area (Å²) in [6.07, 6.45) is 3.04. The molecule has 0 unspecified atom stereocenters. The molecule has 0 aliphatic carbocycles. The molecule has 0 atom stereocenters. The number of nitrogens with zero attached hydrogens (tertiary/aromatic N) is 1. The maximum absolute atomic E-state index is 4.72. The fraction of sp³-hybridized carbons (Fsp3) is 0.105. The zero-order valence-electron chi connectivity index (χ0n) is 12.6. The third kappa shape index (κ3) is 2.98. The van der Waals surface area contributed by atoms with E-state index in [1.54, 1.807) is 11.3 Å². The highest BCUT2D eigenvalue weighted by Crippen LogP contribution is 2.30. The van der Waals surface area contributed by atoms with Crippen LogP contribution in [0.15, 0.2) is 66.2 Å². The first-order valence-electron chi connectivity index (χ1n) is 7.70. The van der Waals surface area contributed by atoms with Crippen LogP contribution >= 0.6 is 11.3 Å². The minimum absolute atomic E-state index is 0.894. The zero-order valence-corrected chi connectivity index (χ0v) is 13.4. The lowest BCUT2D eigenvalue weighted by Crippen LogP contribution is -2.04. The molecule has 114 valence electrons. The summed E-state index contributed by atoms with van der Waals surface area (Å²) < 4.78 is 0. The summed E-state index contributed by atoms with van der Waals surface area (Å²) in [5.74, 6) is 0. The molecule has 0 bridgehead atoms. The van der Waals surface area contributed by atoms with Crippen LogP contribution in [0.3, 0.4) is 0 Å². The third-order valence-corrected chi connectivity index (χ3v) is 4.70. The Labute approximate surface area is 139 Å². The Kier molecular flexibility index (Phi) is 3.82. The van der Waals surface area contributed by atoms with Gasteiger partial charge in [0, 0.05) is 34.6 Å². The predicted molar refractivity (Wildman–Crippen MR) is 98.0 cm³/mol. The van der Waals surface area contributed by atoms with Crippen molar-refractivity contribution in [3.8, 4) is 11.3 Å². The number of fused-ring (bicyclic) bond motifs is 1. The molecule has 4 aromatic rings. The number of thiazole rings is 1. The summed E-state index contributed by atoms with van der Waals surface area (Å²) in [4.78, 5) is 8.03. The minimum atomic E-state index is 0.894. The van der Waals surface area contributed by atoms with Gasteiger partial charge in [-0.15, -0.1) is 11.3 Å². The Morgan fingerprint density at radius 2 is 1.83 bits per heavy atom. The Hall–Kier alpha value is -2.59. The average molecular weight is 319 g/mol. The molecule has 23 heavy (non-hydrogen) atoms. The van der Waals surface area contributed by atoms with E-state index in [2.05, 4.69) is 58.1 Å². The Morgan fingerprint density at radius 3 is 2.74 bits per heavy atom. The molecule has 0 saturated heterocycles. The van der Waals surface area contributed by atoms with Gasteiger partial charge < -0.3 is 10.3 Å². The molecule has 0 spiro atoms. The van der Waals surface area contributed by atoms with Gasteiger partial charge in [0.15, 0.2) is 5.13 Å². The number of benzene rings is 2. The SMILES string of the molecule is c1ccc(CCNc2nc(-c3c[nH]c4ccccc34)cs2)cc1. The molecular formula is C19H17N3S. The van der Waals surface area contributed by atoms with Crippen molar-refractivity contribution in [3.63, 3.8) is 0 Å². The summed E-state index contributed by atoms with van der Waals surface area (Å²) in [5, 5.41) is 7.72.